The number of fused-ring (bicyclic) bond motifs is 3. The number of carbonyl (C=O) groups is 1. The minimum Gasteiger partial charge on any atom is -0.475 e. The molecule has 2 aromatic heterocycles. The van der Waals surface area contributed by atoms with Crippen molar-refractivity contribution in [1.29, 1.82) is 0 Å². The molecule has 1 fully saturated rings. The molecule has 2 aliphatic rings. The summed E-state index contributed by atoms with van der Waals surface area (Å²) in [4.78, 5) is 22.7. The Morgan fingerprint density at radius 1 is 1.35 bits per heavy atom. The van der Waals surface area contributed by atoms with E-state index in [1.54, 1.807) is 11.1 Å². The van der Waals surface area contributed by atoms with Crippen molar-refractivity contribution in [3.63, 3.8) is 0 Å². The zero-order valence-electron chi connectivity index (χ0n) is 18.4. The minimum atomic E-state index is -0.518. The molecule has 1 saturated heterocycles. The number of aromatic nitrogens is 4. The van der Waals surface area contributed by atoms with E-state index >= 15 is 0 Å². The summed E-state index contributed by atoms with van der Waals surface area (Å²) in [5, 5.41) is 11.6. The fourth-order valence-corrected chi connectivity index (χ4v) is 3.60. The molecule has 2 N–H and O–H groups in total. The fourth-order valence-electron chi connectivity index (χ4n) is 3.46. The van der Waals surface area contributed by atoms with Crippen LogP contribution in [0.15, 0.2) is 6.20 Å². The minimum absolute atomic E-state index is 0.0422. The second-order valence-electron chi connectivity index (χ2n) is 8.95. The average Bonchev–Trinajstić information content (AvgIpc) is 2.90. The predicted octanol–water partition coefficient (Wildman–Crippen LogP) is 3.75. The van der Waals surface area contributed by atoms with Gasteiger partial charge in [-0.1, -0.05) is 11.6 Å². The molecule has 11 heteroatoms. The number of ether oxygens (including phenoxy) is 2. The van der Waals surface area contributed by atoms with Gasteiger partial charge in [-0.3, -0.25) is 4.68 Å². The Labute approximate surface area is 186 Å². The molecule has 2 bridgehead atoms. The number of carbonyl (C=O) groups excluding carboxylic acids is 1. The molecule has 2 aliphatic heterocycles. The molecular weight excluding hydrogens is 422 g/mol. The van der Waals surface area contributed by atoms with Gasteiger partial charge in [0.1, 0.15) is 16.3 Å². The smallest absolute Gasteiger partial charge is 0.410 e. The molecule has 10 nitrogen and oxygen atoms in total. The van der Waals surface area contributed by atoms with Crippen LogP contribution >= 0.6 is 11.6 Å². The Morgan fingerprint density at radius 3 is 2.81 bits per heavy atom. The van der Waals surface area contributed by atoms with Gasteiger partial charge in [-0.05, 0) is 34.6 Å². The molecule has 4 rings (SSSR count). The molecule has 0 spiro atoms. The molecule has 31 heavy (non-hydrogen) atoms. The number of hydrogen-bond acceptors (Lipinski definition) is 8. The quantitative estimate of drug-likeness (QED) is 0.677. The molecule has 168 valence electrons. The van der Waals surface area contributed by atoms with Gasteiger partial charge < -0.3 is 25.0 Å². The van der Waals surface area contributed by atoms with Crippen molar-refractivity contribution in [1.82, 2.24) is 24.6 Å². The highest BCUT2D eigenvalue weighted by Gasteiger charge is 2.37. The lowest BCUT2D eigenvalue weighted by atomic mass is 10.1. The average molecular weight is 450 g/mol. The highest BCUT2D eigenvalue weighted by molar-refractivity contribution is 6.32. The maximum Gasteiger partial charge on any atom is 0.410 e. The van der Waals surface area contributed by atoms with Crippen LogP contribution < -0.4 is 15.4 Å². The molecule has 0 aliphatic carbocycles. The Bertz CT molecular complexity index is 982. The van der Waals surface area contributed by atoms with E-state index in [0.29, 0.717) is 48.1 Å². The van der Waals surface area contributed by atoms with Gasteiger partial charge in [-0.15, -0.1) is 5.10 Å². The molecule has 1 amide bonds. The summed E-state index contributed by atoms with van der Waals surface area (Å²) in [5.41, 5.74) is 1.07. The Morgan fingerprint density at radius 2 is 2.10 bits per heavy atom. The van der Waals surface area contributed by atoms with Crippen LogP contribution in [0.1, 0.15) is 45.9 Å². The van der Waals surface area contributed by atoms with Gasteiger partial charge in [0.2, 0.25) is 5.95 Å². The molecule has 0 radical (unpaired) electrons. The van der Waals surface area contributed by atoms with Gasteiger partial charge >= 0.3 is 6.09 Å². The first-order chi connectivity index (χ1) is 14.6. The van der Waals surface area contributed by atoms with Gasteiger partial charge in [0.25, 0.3) is 5.88 Å². The molecule has 2 aromatic rings. The highest BCUT2D eigenvalue weighted by atomic mass is 35.5. The van der Waals surface area contributed by atoms with Gasteiger partial charge in [-0.2, -0.15) is 4.98 Å². The summed E-state index contributed by atoms with van der Waals surface area (Å²) in [6, 6.07) is 0.152. The summed E-state index contributed by atoms with van der Waals surface area (Å²) in [5.74, 6) is 1.46. The van der Waals surface area contributed by atoms with Crippen LogP contribution in [0.5, 0.6) is 5.88 Å². The number of nitrogens with one attached hydrogen (secondary N) is 2. The van der Waals surface area contributed by atoms with Crippen LogP contribution in [0.2, 0.25) is 5.02 Å². The van der Waals surface area contributed by atoms with E-state index in [0.717, 1.165) is 12.1 Å². The van der Waals surface area contributed by atoms with Crippen LogP contribution in [-0.4, -0.2) is 62.1 Å². The van der Waals surface area contributed by atoms with Gasteiger partial charge in [0.15, 0.2) is 5.82 Å². The monoisotopic (exact) mass is 449 g/mol. The van der Waals surface area contributed by atoms with Crippen molar-refractivity contribution in [2.75, 3.05) is 30.3 Å². The maximum atomic E-state index is 12.3. The van der Waals surface area contributed by atoms with E-state index in [9.17, 15) is 4.79 Å². The lowest BCUT2D eigenvalue weighted by molar-refractivity contribution is -0.000764. The molecular formula is C20H28ClN7O3. The number of anilines is 3. The number of amides is 1. The Balaban J connectivity index is 1.56. The third kappa shape index (κ3) is 4.63. The number of rotatable bonds is 1. The van der Waals surface area contributed by atoms with Crippen LogP contribution in [0.4, 0.5) is 22.2 Å². The van der Waals surface area contributed by atoms with E-state index < -0.39 is 5.60 Å². The first-order valence-electron chi connectivity index (χ1n) is 10.4. The first-order valence-corrected chi connectivity index (χ1v) is 10.7. The van der Waals surface area contributed by atoms with Crippen molar-refractivity contribution in [3.8, 4) is 5.88 Å². The maximum absolute atomic E-state index is 12.3. The number of halogens is 1. The van der Waals surface area contributed by atoms with Crippen LogP contribution in [0.25, 0.3) is 0 Å². The fraction of sp³-hybridized carbons (Fsp3) is 0.600. The predicted molar refractivity (Wildman–Crippen MR) is 117 cm³/mol. The molecule has 0 unspecified atom stereocenters. The van der Waals surface area contributed by atoms with Crippen LogP contribution in [0.3, 0.4) is 0 Å². The van der Waals surface area contributed by atoms with E-state index in [4.69, 9.17) is 21.1 Å². The largest absolute Gasteiger partial charge is 0.475 e. The first kappa shape index (κ1) is 21.5. The van der Waals surface area contributed by atoms with Gasteiger partial charge in [0, 0.05) is 25.6 Å². The van der Waals surface area contributed by atoms with Crippen molar-refractivity contribution in [2.45, 2.75) is 58.7 Å². The zero-order valence-corrected chi connectivity index (χ0v) is 19.2. The molecule has 0 saturated carbocycles. The summed E-state index contributed by atoms with van der Waals surface area (Å²) >= 11 is 6.23. The van der Waals surface area contributed by atoms with Crippen molar-refractivity contribution >= 4 is 35.1 Å². The third-order valence-corrected chi connectivity index (χ3v) is 5.41. The van der Waals surface area contributed by atoms with Crippen LogP contribution in [-0.2, 0) is 4.74 Å². The second kappa shape index (κ2) is 8.07. The van der Waals surface area contributed by atoms with E-state index in [1.807, 2.05) is 39.3 Å². The number of hydrogen-bond donors (Lipinski definition) is 2. The van der Waals surface area contributed by atoms with E-state index in [2.05, 4.69) is 25.7 Å². The molecule has 0 aromatic carbocycles. The van der Waals surface area contributed by atoms with Crippen LogP contribution in [0, 0.1) is 6.92 Å². The highest BCUT2D eigenvalue weighted by Crippen LogP contribution is 2.35. The van der Waals surface area contributed by atoms with Crippen molar-refractivity contribution < 1.29 is 14.3 Å². The normalized spacial score (nSPS) is 19.2. The second-order valence-corrected chi connectivity index (χ2v) is 9.35. The zero-order chi connectivity index (χ0) is 22.3. The molecule has 1 atom stereocenters. The SMILES string of the molecule is Cc1c2c(nn1C1CN(C(=O)OC(C)(C)C)C1)OCC[C@@H](C)Nc1nc(ncc1Cl)N2. The lowest BCUT2D eigenvalue weighted by Gasteiger charge is -2.40. The summed E-state index contributed by atoms with van der Waals surface area (Å²) in [6.07, 6.45) is 2.00. The van der Waals surface area contributed by atoms with E-state index in [-0.39, 0.29) is 18.2 Å². The van der Waals surface area contributed by atoms with Crippen molar-refractivity contribution in [2.24, 2.45) is 0 Å². The van der Waals surface area contributed by atoms with Crippen molar-refractivity contribution in [3.05, 3.63) is 16.9 Å². The lowest BCUT2D eigenvalue weighted by Crippen LogP contribution is -2.52. The van der Waals surface area contributed by atoms with Gasteiger partial charge in [-0.25, -0.2) is 9.78 Å². The standard InChI is InChI=1S/C20H28ClN7O3/c1-11-6-7-30-17-15(24-18-22-8-14(21)16(23-11)25-18)12(2)28(26-17)13-9-27(10-13)19(29)31-20(3,4)5/h8,11,13H,6-7,9-10H2,1-5H3,(H2,22,23,24,25)/t11-/m1/s1. The summed E-state index contributed by atoms with van der Waals surface area (Å²) in [6.45, 7) is 11.1. The Kier molecular flexibility index (Phi) is 5.59. The summed E-state index contributed by atoms with van der Waals surface area (Å²) < 4.78 is 13.3. The topological polar surface area (TPSA) is 106 Å². The van der Waals surface area contributed by atoms with E-state index in [1.165, 1.54) is 0 Å². The number of nitrogens with zero attached hydrogens (tertiary/aromatic N) is 5. The van der Waals surface area contributed by atoms with Gasteiger partial charge in [0.05, 0.1) is 24.5 Å². The molecule has 4 heterocycles. The third-order valence-electron chi connectivity index (χ3n) is 5.13. The number of likely N-dealkylation sites (tertiary alicyclic amines) is 1. The summed E-state index contributed by atoms with van der Waals surface area (Å²) in [7, 11) is 0. The Hall–Kier alpha value is -2.75.